The number of aromatic nitrogens is 2. The average molecular weight is 195 g/mol. The second-order valence-electron chi connectivity index (χ2n) is 2.92. The largest absolute Gasteiger partial charge is 0.480 e. The number of hydrogen-bond donors (Lipinski definition) is 0. The van der Waals surface area contributed by atoms with Crippen molar-refractivity contribution in [1.82, 2.24) is 9.97 Å². The van der Waals surface area contributed by atoms with Crippen LogP contribution in [-0.2, 0) is 0 Å². The Labute approximate surface area is 87.9 Å². The second kappa shape index (κ2) is 3.58. The predicted molar refractivity (Wildman–Crippen MR) is 56.2 cm³/mol. The highest BCUT2D eigenvalue weighted by Crippen LogP contribution is 2.15. The van der Waals surface area contributed by atoms with Gasteiger partial charge in [-0.2, -0.15) is 5.26 Å². The van der Waals surface area contributed by atoms with Crippen LogP contribution in [0.25, 0.3) is 11.0 Å². The van der Waals surface area contributed by atoms with Crippen LogP contribution in [0.15, 0.2) is 18.3 Å². The Kier molecular flexibility index (Phi) is 2.26. The smallest absolute Gasteiger partial charge is 0.232 e. The van der Waals surface area contributed by atoms with Crippen molar-refractivity contribution in [1.29, 1.82) is 5.26 Å². The number of nitriles is 1. The van der Waals surface area contributed by atoms with Gasteiger partial charge in [-0.25, -0.2) is 9.97 Å². The maximum atomic E-state index is 8.91. The van der Waals surface area contributed by atoms with Crippen LogP contribution in [0.4, 0.5) is 0 Å². The summed E-state index contributed by atoms with van der Waals surface area (Å²) < 4.78 is 4.94. The average Bonchev–Trinajstić information content (AvgIpc) is 2.28. The summed E-state index contributed by atoms with van der Waals surface area (Å²) in [6.07, 6.45) is 1.46. The van der Waals surface area contributed by atoms with E-state index in [9.17, 15) is 0 Å². The molecular formula is C10H6BN3O. The number of nitrogens with zero attached hydrogens (tertiary/aromatic N) is 3. The summed E-state index contributed by atoms with van der Waals surface area (Å²) in [6, 6.07) is 5.35. The van der Waals surface area contributed by atoms with Crippen LogP contribution < -0.4 is 10.2 Å². The molecule has 2 aromatic rings. The van der Waals surface area contributed by atoms with Crippen LogP contribution in [0.5, 0.6) is 5.88 Å². The Morgan fingerprint density at radius 1 is 1.47 bits per heavy atom. The van der Waals surface area contributed by atoms with Gasteiger partial charge in [0.1, 0.15) is 19.4 Å². The molecule has 0 unspecified atom stereocenters. The molecule has 0 saturated carbocycles. The molecule has 4 nitrogen and oxygen atoms in total. The van der Waals surface area contributed by atoms with Crippen LogP contribution in [0, 0.1) is 11.3 Å². The Morgan fingerprint density at radius 2 is 2.27 bits per heavy atom. The number of rotatable bonds is 1. The molecule has 0 bridgehead atoms. The Balaban J connectivity index is 2.79. The van der Waals surface area contributed by atoms with E-state index in [-0.39, 0.29) is 0 Å². The van der Waals surface area contributed by atoms with Gasteiger partial charge in [0.15, 0.2) is 0 Å². The molecule has 0 spiro atoms. The minimum absolute atomic E-state index is 0.350. The van der Waals surface area contributed by atoms with Crippen molar-refractivity contribution < 1.29 is 4.74 Å². The summed E-state index contributed by atoms with van der Waals surface area (Å²) in [7, 11) is 7.16. The van der Waals surface area contributed by atoms with Crippen LogP contribution in [0.3, 0.4) is 0 Å². The summed E-state index contributed by atoms with van der Waals surface area (Å²) >= 11 is 0. The summed E-state index contributed by atoms with van der Waals surface area (Å²) in [4.78, 5) is 8.25. The lowest BCUT2D eigenvalue weighted by molar-refractivity contribution is 0.397. The fourth-order valence-corrected chi connectivity index (χ4v) is 1.30. The van der Waals surface area contributed by atoms with E-state index in [1.54, 1.807) is 12.1 Å². The first-order valence-electron chi connectivity index (χ1n) is 4.25. The first-order chi connectivity index (χ1) is 7.26. The third kappa shape index (κ3) is 1.50. The molecule has 70 valence electrons. The molecular weight excluding hydrogens is 189 g/mol. The lowest BCUT2D eigenvalue weighted by Crippen LogP contribution is -2.09. The van der Waals surface area contributed by atoms with Gasteiger partial charge in [-0.1, -0.05) is 11.5 Å². The summed E-state index contributed by atoms with van der Waals surface area (Å²) in [5, 5.41) is 8.91. The van der Waals surface area contributed by atoms with Gasteiger partial charge in [0.2, 0.25) is 5.88 Å². The maximum absolute atomic E-state index is 8.91. The summed E-state index contributed by atoms with van der Waals surface area (Å²) in [5.74, 6) is 0.413. The van der Waals surface area contributed by atoms with E-state index >= 15 is 0 Å². The fraction of sp³-hybridized carbons (Fsp3) is 0.100. The van der Waals surface area contributed by atoms with E-state index in [0.717, 1.165) is 0 Å². The van der Waals surface area contributed by atoms with Gasteiger partial charge < -0.3 is 4.74 Å². The number of ether oxygens (including phenoxy) is 1. The van der Waals surface area contributed by atoms with Gasteiger partial charge in [0, 0.05) is 0 Å². The topological polar surface area (TPSA) is 58.8 Å². The van der Waals surface area contributed by atoms with E-state index in [2.05, 4.69) is 9.97 Å². The van der Waals surface area contributed by atoms with Gasteiger partial charge in [0.05, 0.1) is 24.4 Å². The first kappa shape index (κ1) is 9.47. The minimum Gasteiger partial charge on any atom is -0.480 e. The van der Waals surface area contributed by atoms with Crippen molar-refractivity contribution in [2.24, 2.45) is 0 Å². The van der Waals surface area contributed by atoms with E-state index < -0.39 is 0 Å². The number of methoxy groups -OCH3 is 1. The molecule has 2 radical (unpaired) electrons. The second-order valence-corrected chi connectivity index (χ2v) is 2.92. The maximum Gasteiger partial charge on any atom is 0.232 e. The van der Waals surface area contributed by atoms with Crippen molar-refractivity contribution in [3.63, 3.8) is 0 Å². The first-order valence-corrected chi connectivity index (χ1v) is 4.25. The normalized spacial score (nSPS) is 9.87. The molecule has 2 rings (SSSR count). The van der Waals surface area contributed by atoms with E-state index in [1.165, 1.54) is 13.3 Å². The molecule has 0 atom stereocenters. The lowest BCUT2D eigenvalue weighted by atomic mass is 9.90. The quantitative estimate of drug-likeness (QED) is 0.614. The molecule has 0 N–H and O–H groups in total. The zero-order valence-electron chi connectivity index (χ0n) is 8.06. The highest BCUT2D eigenvalue weighted by Gasteiger charge is 2.06. The monoisotopic (exact) mass is 195 g/mol. The van der Waals surface area contributed by atoms with Crippen LogP contribution in [0.2, 0.25) is 0 Å². The number of fused-ring (bicyclic) bond motifs is 1. The van der Waals surface area contributed by atoms with E-state index in [0.29, 0.717) is 27.9 Å². The molecule has 1 aromatic carbocycles. The molecule has 0 saturated heterocycles. The molecule has 1 aromatic heterocycles. The standard InChI is InChI=1S/C10H6BN3O/c1-15-9-5-13-10-6(4-12)7(11)2-3-8(10)14-9/h2-3,5H,1H3. The Hall–Kier alpha value is -2.09. The molecule has 0 amide bonds. The van der Waals surface area contributed by atoms with Crippen molar-refractivity contribution in [2.75, 3.05) is 7.11 Å². The highest BCUT2D eigenvalue weighted by molar-refractivity contribution is 6.35. The third-order valence-corrected chi connectivity index (χ3v) is 2.04. The van der Waals surface area contributed by atoms with Gasteiger partial charge in [-0.05, 0) is 6.07 Å². The molecule has 1 heterocycles. The van der Waals surface area contributed by atoms with Gasteiger partial charge in [-0.3, -0.25) is 0 Å². The van der Waals surface area contributed by atoms with Crippen LogP contribution >= 0.6 is 0 Å². The predicted octanol–water partition coefficient (Wildman–Crippen LogP) is 0.304. The Morgan fingerprint density at radius 3 is 2.93 bits per heavy atom. The zero-order chi connectivity index (χ0) is 10.8. The molecule has 5 heteroatoms. The van der Waals surface area contributed by atoms with Gasteiger partial charge in [-0.15, -0.1) is 0 Å². The van der Waals surface area contributed by atoms with Crippen molar-refractivity contribution in [2.45, 2.75) is 0 Å². The van der Waals surface area contributed by atoms with Gasteiger partial charge >= 0.3 is 0 Å². The summed E-state index contributed by atoms with van der Waals surface area (Å²) in [5.41, 5.74) is 1.85. The summed E-state index contributed by atoms with van der Waals surface area (Å²) in [6.45, 7) is 0. The third-order valence-electron chi connectivity index (χ3n) is 2.04. The van der Waals surface area contributed by atoms with Gasteiger partial charge in [0.25, 0.3) is 0 Å². The van der Waals surface area contributed by atoms with Crippen molar-refractivity contribution in [3.05, 3.63) is 23.9 Å². The van der Waals surface area contributed by atoms with Crippen molar-refractivity contribution >= 4 is 24.3 Å². The SMILES string of the molecule is [B]c1ccc2nc(OC)cnc2c1C#N. The Bertz CT molecular complexity index is 562. The van der Waals surface area contributed by atoms with Crippen molar-refractivity contribution in [3.8, 4) is 11.9 Å². The molecule has 0 fully saturated rings. The highest BCUT2D eigenvalue weighted by atomic mass is 16.5. The minimum atomic E-state index is 0.350. The lowest BCUT2D eigenvalue weighted by Gasteiger charge is -2.03. The molecule has 0 aliphatic heterocycles. The zero-order valence-corrected chi connectivity index (χ0v) is 8.06. The van der Waals surface area contributed by atoms with Crippen LogP contribution in [-0.4, -0.2) is 24.9 Å². The number of hydrogen-bond acceptors (Lipinski definition) is 4. The molecule has 0 aliphatic carbocycles. The molecule has 0 aliphatic rings. The van der Waals surface area contributed by atoms with E-state index in [1.807, 2.05) is 6.07 Å². The number of benzene rings is 1. The molecule has 15 heavy (non-hydrogen) atoms. The van der Waals surface area contributed by atoms with E-state index in [4.69, 9.17) is 17.8 Å². The fourth-order valence-electron chi connectivity index (χ4n) is 1.30. The van der Waals surface area contributed by atoms with Crippen LogP contribution in [0.1, 0.15) is 5.56 Å².